The normalized spacial score (nSPS) is 11.9. The number of carbonyl (C=O) groups excluding carboxylic acids is 1. The monoisotopic (exact) mass is 352 g/mol. The van der Waals surface area contributed by atoms with Gasteiger partial charge < -0.3 is 21.1 Å². The van der Waals surface area contributed by atoms with Gasteiger partial charge in [0.1, 0.15) is 6.04 Å². The lowest BCUT2D eigenvalue weighted by atomic mass is 10.1. The summed E-state index contributed by atoms with van der Waals surface area (Å²) in [7, 11) is 0. The molecule has 1 atom stereocenters. The Bertz CT molecular complexity index is 657. The van der Waals surface area contributed by atoms with E-state index in [2.05, 4.69) is 31.2 Å². The molecule has 0 aliphatic rings. The maximum atomic E-state index is 12.1. The molecule has 0 aliphatic heterocycles. The second-order valence-electron chi connectivity index (χ2n) is 4.38. The van der Waals surface area contributed by atoms with Gasteiger partial charge in [0.25, 0.3) is 5.91 Å². The van der Waals surface area contributed by atoms with Gasteiger partial charge >= 0.3 is 5.97 Å². The van der Waals surface area contributed by atoms with Crippen LogP contribution in [-0.4, -0.2) is 33.0 Å². The molecule has 21 heavy (non-hydrogen) atoms. The van der Waals surface area contributed by atoms with Crippen LogP contribution in [0.1, 0.15) is 16.1 Å². The van der Waals surface area contributed by atoms with Gasteiger partial charge in [-0.1, -0.05) is 0 Å². The molecule has 0 aliphatic carbocycles. The topological polar surface area (TPSA) is 121 Å². The summed E-state index contributed by atoms with van der Waals surface area (Å²) in [6.07, 6.45) is 3.09. The maximum absolute atomic E-state index is 12.1. The molecule has 1 aromatic heterocycles. The standard InChI is InChI=1S/C13H13BrN4O3/c14-9-3-7(1-2-10(9)15)12(19)18-11(13(20)21)4-8-5-16-6-17-8/h1-3,5-6,11H,4,15H2,(H,16,17)(H,18,19)(H,20,21)/t11-/m0/s1. The Labute approximate surface area is 128 Å². The van der Waals surface area contributed by atoms with Crippen molar-refractivity contribution in [3.8, 4) is 0 Å². The third-order valence-electron chi connectivity index (χ3n) is 2.84. The Kier molecular flexibility index (Phi) is 4.59. The third-order valence-corrected chi connectivity index (χ3v) is 3.53. The van der Waals surface area contributed by atoms with Gasteiger partial charge in [-0.05, 0) is 34.1 Å². The second-order valence-corrected chi connectivity index (χ2v) is 5.24. The summed E-state index contributed by atoms with van der Waals surface area (Å²) >= 11 is 3.22. The number of hydrogen-bond donors (Lipinski definition) is 4. The second kappa shape index (κ2) is 6.40. The SMILES string of the molecule is Nc1ccc(C(=O)N[C@@H](Cc2cnc[nH]2)C(=O)O)cc1Br. The molecule has 0 saturated heterocycles. The number of nitrogens with zero attached hydrogens (tertiary/aromatic N) is 1. The Morgan fingerprint density at radius 3 is 2.81 bits per heavy atom. The van der Waals surface area contributed by atoms with Gasteiger partial charge in [-0.15, -0.1) is 0 Å². The van der Waals surface area contributed by atoms with Crippen LogP contribution in [0.4, 0.5) is 5.69 Å². The zero-order valence-electron chi connectivity index (χ0n) is 10.8. The first-order valence-corrected chi connectivity index (χ1v) is 6.82. The lowest BCUT2D eigenvalue weighted by Gasteiger charge is -2.14. The van der Waals surface area contributed by atoms with E-state index in [4.69, 9.17) is 5.73 Å². The number of benzene rings is 1. The number of carbonyl (C=O) groups is 2. The molecule has 0 saturated carbocycles. The van der Waals surface area contributed by atoms with Crippen LogP contribution in [0.25, 0.3) is 0 Å². The molecule has 8 heteroatoms. The summed E-state index contributed by atoms with van der Waals surface area (Å²) in [5.41, 5.74) is 7.10. The minimum atomic E-state index is -1.12. The minimum absolute atomic E-state index is 0.122. The summed E-state index contributed by atoms with van der Waals surface area (Å²) in [6.45, 7) is 0. The number of nitrogen functional groups attached to an aromatic ring is 1. The van der Waals surface area contributed by atoms with Crippen LogP contribution in [-0.2, 0) is 11.2 Å². The van der Waals surface area contributed by atoms with Crippen LogP contribution in [0.3, 0.4) is 0 Å². The predicted octanol–water partition coefficient (Wildman–Crippen LogP) is 1.18. The zero-order chi connectivity index (χ0) is 15.4. The van der Waals surface area contributed by atoms with Gasteiger partial charge in [0.15, 0.2) is 0 Å². The molecule has 7 nitrogen and oxygen atoms in total. The van der Waals surface area contributed by atoms with Crippen molar-refractivity contribution in [3.63, 3.8) is 0 Å². The first-order chi connectivity index (χ1) is 9.97. The number of halogens is 1. The van der Waals surface area contributed by atoms with Gasteiger partial charge in [-0.25, -0.2) is 9.78 Å². The molecule has 1 aromatic carbocycles. The number of rotatable bonds is 5. The fourth-order valence-electron chi connectivity index (χ4n) is 1.73. The van der Waals surface area contributed by atoms with E-state index < -0.39 is 17.9 Å². The quantitative estimate of drug-likeness (QED) is 0.602. The number of nitrogens with two attached hydrogens (primary N) is 1. The minimum Gasteiger partial charge on any atom is -0.480 e. The highest BCUT2D eigenvalue weighted by Crippen LogP contribution is 2.20. The first-order valence-electron chi connectivity index (χ1n) is 6.03. The number of imidazole rings is 1. The lowest BCUT2D eigenvalue weighted by Crippen LogP contribution is -2.42. The summed E-state index contributed by atoms with van der Waals surface area (Å²) < 4.78 is 0.579. The largest absolute Gasteiger partial charge is 0.480 e. The maximum Gasteiger partial charge on any atom is 0.326 e. The fraction of sp³-hybridized carbons (Fsp3) is 0.154. The molecule has 110 valence electrons. The Morgan fingerprint density at radius 2 is 2.24 bits per heavy atom. The molecule has 1 heterocycles. The predicted molar refractivity (Wildman–Crippen MR) is 79.7 cm³/mol. The van der Waals surface area contributed by atoms with E-state index in [1.165, 1.54) is 18.6 Å². The highest BCUT2D eigenvalue weighted by atomic mass is 79.9. The summed E-state index contributed by atoms with van der Waals surface area (Å²) in [6, 6.07) is 3.60. The first kappa shape index (κ1) is 15.0. The molecule has 0 radical (unpaired) electrons. The van der Waals surface area contributed by atoms with Crippen molar-refractivity contribution in [3.05, 3.63) is 46.5 Å². The molecule has 0 spiro atoms. The van der Waals surface area contributed by atoms with Crippen LogP contribution < -0.4 is 11.1 Å². The fourth-order valence-corrected chi connectivity index (χ4v) is 2.11. The zero-order valence-corrected chi connectivity index (χ0v) is 12.4. The highest BCUT2D eigenvalue weighted by Gasteiger charge is 2.22. The molecule has 0 bridgehead atoms. The van der Waals surface area contributed by atoms with Crippen LogP contribution in [0.2, 0.25) is 0 Å². The molecule has 2 aromatic rings. The summed E-state index contributed by atoms with van der Waals surface area (Å²) in [5.74, 6) is -1.60. The van der Waals surface area contributed by atoms with Gasteiger partial charge in [-0.2, -0.15) is 0 Å². The Balaban J connectivity index is 2.10. The number of hydrogen-bond acceptors (Lipinski definition) is 4. The van der Waals surface area contributed by atoms with E-state index in [9.17, 15) is 14.7 Å². The van der Waals surface area contributed by atoms with Crippen molar-refractivity contribution in [2.45, 2.75) is 12.5 Å². The number of H-pyrrole nitrogens is 1. The van der Waals surface area contributed by atoms with E-state index in [1.54, 1.807) is 12.1 Å². The molecule has 5 N–H and O–H groups in total. The average molecular weight is 353 g/mol. The van der Waals surface area contributed by atoms with Gasteiger partial charge in [-0.3, -0.25) is 4.79 Å². The van der Waals surface area contributed by atoms with Crippen molar-refractivity contribution in [1.29, 1.82) is 0 Å². The third kappa shape index (κ3) is 3.82. The van der Waals surface area contributed by atoms with Gasteiger partial charge in [0.05, 0.1) is 6.33 Å². The molecule has 0 unspecified atom stereocenters. The van der Waals surface area contributed by atoms with Crippen LogP contribution in [0.5, 0.6) is 0 Å². The van der Waals surface area contributed by atoms with E-state index in [-0.39, 0.29) is 6.42 Å². The smallest absolute Gasteiger partial charge is 0.326 e. The summed E-state index contributed by atoms with van der Waals surface area (Å²) in [4.78, 5) is 29.9. The van der Waals surface area contributed by atoms with Gasteiger partial charge in [0, 0.05) is 34.0 Å². The summed E-state index contributed by atoms with van der Waals surface area (Å²) in [5, 5.41) is 11.7. The molecule has 1 amide bonds. The lowest BCUT2D eigenvalue weighted by molar-refractivity contribution is -0.139. The van der Waals surface area contributed by atoms with E-state index in [0.717, 1.165) is 0 Å². The molecular formula is C13H13BrN4O3. The van der Waals surface area contributed by atoms with Gasteiger partial charge in [0.2, 0.25) is 0 Å². The highest BCUT2D eigenvalue weighted by molar-refractivity contribution is 9.10. The van der Waals surface area contributed by atoms with E-state index >= 15 is 0 Å². The van der Waals surface area contributed by atoms with Crippen LogP contribution >= 0.6 is 15.9 Å². The molecular weight excluding hydrogens is 340 g/mol. The Hall–Kier alpha value is -2.35. The number of anilines is 1. The van der Waals surface area contributed by atoms with Crippen LogP contribution in [0, 0.1) is 0 Å². The van der Waals surface area contributed by atoms with Crippen molar-refractivity contribution in [2.75, 3.05) is 5.73 Å². The number of amides is 1. The number of carboxylic acids is 1. The van der Waals surface area contributed by atoms with Crippen molar-refractivity contribution < 1.29 is 14.7 Å². The van der Waals surface area contributed by atoms with E-state index in [0.29, 0.717) is 21.4 Å². The van der Waals surface area contributed by atoms with Crippen molar-refractivity contribution in [1.82, 2.24) is 15.3 Å². The number of aliphatic carboxylic acids is 1. The number of carboxylic acid groups (broad SMARTS) is 1. The molecule has 2 rings (SSSR count). The van der Waals surface area contributed by atoms with E-state index in [1.807, 2.05) is 0 Å². The number of aromatic nitrogens is 2. The number of nitrogens with one attached hydrogen (secondary N) is 2. The Morgan fingerprint density at radius 1 is 1.48 bits per heavy atom. The average Bonchev–Trinajstić information content (AvgIpc) is 2.93. The molecule has 0 fully saturated rings. The number of aromatic amines is 1. The van der Waals surface area contributed by atoms with Crippen LogP contribution in [0.15, 0.2) is 35.2 Å². The van der Waals surface area contributed by atoms with Crippen molar-refractivity contribution in [2.24, 2.45) is 0 Å². The van der Waals surface area contributed by atoms with Crippen molar-refractivity contribution >= 4 is 33.5 Å².